The van der Waals surface area contributed by atoms with Crippen LogP contribution in [0.1, 0.15) is 51.0 Å². The van der Waals surface area contributed by atoms with E-state index >= 15 is 0 Å². The largest absolute Gasteiger partial charge is 0.273 e. The van der Waals surface area contributed by atoms with Crippen molar-refractivity contribution < 1.29 is 8.78 Å². The molecule has 0 unspecified atom stereocenters. The first-order valence-electron chi connectivity index (χ1n) is 7.51. The summed E-state index contributed by atoms with van der Waals surface area (Å²) in [6.45, 7) is 2.13. The first-order valence-corrected chi connectivity index (χ1v) is 7.51. The second-order valence-electron chi connectivity index (χ2n) is 5.40. The van der Waals surface area contributed by atoms with Crippen LogP contribution in [0.4, 0.5) is 8.78 Å². The van der Waals surface area contributed by atoms with Crippen LogP contribution in [0.3, 0.4) is 0 Å². The number of hydrogen-bond acceptors (Lipinski definition) is 0. The molecule has 20 heavy (non-hydrogen) atoms. The van der Waals surface area contributed by atoms with Gasteiger partial charge in [-0.25, -0.2) is 8.78 Å². The highest BCUT2D eigenvalue weighted by Gasteiger charge is 2.32. The number of fused-ring (bicyclic) bond motifs is 1. The van der Waals surface area contributed by atoms with Crippen molar-refractivity contribution in [3.05, 3.63) is 48.0 Å². The molecular weight excluding hydrogens is 254 g/mol. The van der Waals surface area contributed by atoms with Crippen LogP contribution < -0.4 is 0 Å². The average molecular weight is 276 g/mol. The zero-order chi connectivity index (χ0) is 14.4. The van der Waals surface area contributed by atoms with Gasteiger partial charge in [0.1, 0.15) is 0 Å². The van der Waals surface area contributed by atoms with Crippen molar-refractivity contribution in [3.63, 3.8) is 0 Å². The lowest BCUT2D eigenvalue weighted by Crippen LogP contribution is -2.13. The van der Waals surface area contributed by atoms with Gasteiger partial charge in [-0.1, -0.05) is 75.1 Å². The summed E-state index contributed by atoms with van der Waals surface area (Å²) >= 11 is 0. The lowest BCUT2D eigenvalue weighted by atomic mass is 9.96. The molecule has 2 heteroatoms. The summed E-state index contributed by atoms with van der Waals surface area (Å²) in [5, 5.41) is 1.56. The topological polar surface area (TPSA) is 0 Å². The molecule has 2 rings (SSSR count). The third-order valence-electron chi connectivity index (χ3n) is 3.78. The summed E-state index contributed by atoms with van der Waals surface area (Å²) in [5.41, 5.74) is 0.172. The lowest BCUT2D eigenvalue weighted by molar-refractivity contribution is -0.0143. The minimum atomic E-state index is -2.73. The molecule has 0 radical (unpaired) electrons. The fourth-order valence-electron chi connectivity index (χ4n) is 2.63. The number of benzene rings is 2. The maximum absolute atomic E-state index is 14.4. The number of unbranched alkanes of at least 4 members (excludes halogenated alkanes) is 4. The minimum absolute atomic E-state index is 0.0509. The summed E-state index contributed by atoms with van der Waals surface area (Å²) in [7, 11) is 0. The van der Waals surface area contributed by atoms with E-state index in [1.54, 1.807) is 18.2 Å². The monoisotopic (exact) mass is 276 g/mol. The molecule has 0 N–H and O–H groups in total. The van der Waals surface area contributed by atoms with Crippen LogP contribution in [-0.4, -0.2) is 0 Å². The Kier molecular flexibility index (Phi) is 5.11. The van der Waals surface area contributed by atoms with Gasteiger partial charge in [-0.2, -0.15) is 0 Å². The first kappa shape index (κ1) is 15.0. The fourth-order valence-corrected chi connectivity index (χ4v) is 2.63. The Morgan fingerprint density at radius 3 is 2.35 bits per heavy atom. The van der Waals surface area contributed by atoms with Crippen LogP contribution >= 0.6 is 0 Å². The Morgan fingerprint density at radius 1 is 0.850 bits per heavy atom. The molecule has 108 valence electrons. The van der Waals surface area contributed by atoms with Gasteiger partial charge in [0.2, 0.25) is 0 Å². The van der Waals surface area contributed by atoms with Gasteiger partial charge in [-0.3, -0.25) is 0 Å². The van der Waals surface area contributed by atoms with Crippen LogP contribution in [0.2, 0.25) is 0 Å². The van der Waals surface area contributed by atoms with Crippen molar-refractivity contribution in [3.8, 4) is 0 Å². The molecule has 0 fully saturated rings. The molecule has 0 aliphatic rings. The van der Waals surface area contributed by atoms with E-state index in [0.717, 1.165) is 31.1 Å². The second kappa shape index (κ2) is 6.83. The normalized spacial score (nSPS) is 11.9. The van der Waals surface area contributed by atoms with Gasteiger partial charge in [-0.05, 0) is 17.2 Å². The highest BCUT2D eigenvalue weighted by molar-refractivity contribution is 5.86. The Balaban J connectivity index is 2.11. The molecule has 0 saturated carbocycles. The van der Waals surface area contributed by atoms with Crippen molar-refractivity contribution >= 4 is 10.8 Å². The second-order valence-corrected chi connectivity index (χ2v) is 5.40. The summed E-state index contributed by atoms with van der Waals surface area (Å²) in [4.78, 5) is 0. The van der Waals surface area contributed by atoms with Gasteiger partial charge >= 0.3 is 0 Å². The Hall–Kier alpha value is -1.44. The van der Waals surface area contributed by atoms with E-state index in [0.29, 0.717) is 11.8 Å². The van der Waals surface area contributed by atoms with E-state index in [9.17, 15) is 8.78 Å². The van der Waals surface area contributed by atoms with Gasteiger partial charge in [0.05, 0.1) is 0 Å². The van der Waals surface area contributed by atoms with Gasteiger partial charge in [-0.15, -0.1) is 0 Å². The van der Waals surface area contributed by atoms with E-state index in [-0.39, 0.29) is 12.0 Å². The number of halogens is 2. The first-order chi connectivity index (χ1) is 9.65. The summed E-state index contributed by atoms with van der Waals surface area (Å²) < 4.78 is 28.8. The molecule has 0 aliphatic heterocycles. The quantitative estimate of drug-likeness (QED) is 0.521. The Bertz CT molecular complexity index is 541. The van der Waals surface area contributed by atoms with Gasteiger partial charge in [0, 0.05) is 12.0 Å². The van der Waals surface area contributed by atoms with E-state index in [1.165, 1.54) is 0 Å². The highest BCUT2D eigenvalue weighted by atomic mass is 19.3. The third-order valence-corrected chi connectivity index (χ3v) is 3.78. The van der Waals surface area contributed by atoms with Crippen LogP contribution in [0.25, 0.3) is 10.8 Å². The summed E-state index contributed by atoms with van der Waals surface area (Å²) in [6, 6.07) is 12.6. The minimum Gasteiger partial charge on any atom is -0.201 e. The maximum atomic E-state index is 14.4. The summed E-state index contributed by atoms with van der Waals surface area (Å²) in [6.07, 6.45) is 4.77. The molecule has 0 amide bonds. The molecule has 0 nitrogen and oxygen atoms in total. The van der Waals surface area contributed by atoms with Crippen molar-refractivity contribution in [2.24, 2.45) is 0 Å². The summed E-state index contributed by atoms with van der Waals surface area (Å²) in [5.74, 6) is -2.73. The fraction of sp³-hybridized carbons (Fsp3) is 0.444. The molecule has 0 saturated heterocycles. The molecule has 0 aromatic heterocycles. The van der Waals surface area contributed by atoms with Crippen molar-refractivity contribution in [2.75, 3.05) is 0 Å². The Labute approximate surface area is 119 Å². The van der Waals surface area contributed by atoms with Gasteiger partial charge in [0.25, 0.3) is 5.92 Å². The van der Waals surface area contributed by atoms with Crippen LogP contribution in [0, 0.1) is 0 Å². The van der Waals surface area contributed by atoms with Crippen LogP contribution in [0.5, 0.6) is 0 Å². The Morgan fingerprint density at radius 2 is 1.55 bits per heavy atom. The maximum Gasteiger partial charge on any atom is 0.273 e. The molecule has 0 spiro atoms. The molecule has 2 aromatic carbocycles. The van der Waals surface area contributed by atoms with Crippen molar-refractivity contribution in [1.82, 2.24) is 0 Å². The predicted molar refractivity (Wildman–Crippen MR) is 81.2 cm³/mol. The number of rotatable bonds is 7. The van der Waals surface area contributed by atoms with E-state index in [1.807, 2.05) is 24.3 Å². The molecule has 0 aliphatic carbocycles. The average Bonchev–Trinajstić information content (AvgIpc) is 2.46. The molecule has 0 heterocycles. The van der Waals surface area contributed by atoms with E-state index in [4.69, 9.17) is 0 Å². The third kappa shape index (κ3) is 3.56. The SMILES string of the molecule is CCCCCCCC(F)(F)c1cccc2ccccc12. The zero-order valence-corrected chi connectivity index (χ0v) is 12.0. The highest BCUT2D eigenvalue weighted by Crippen LogP contribution is 2.37. The van der Waals surface area contributed by atoms with E-state index < -0.39 is 5.92 Å². The van der Waals surface area contributed by atoms with Crippen LogP contribution in [0.15, 0.2) is 42.5 Å². The molecule has 2 aromatic rings. The van der Waals surface area contributed by atoms with Gasteiger partial charge < -0.3 is 0 Å². The molecule has 0 bridgehead atoms. The van der Waals surface area contributed by atoms with E-state index in [2.05, 4.69) is 6.92 Å². The van der Waals surface area contributed by atoms with Crippen LogP contribution in [-0.2, 0) is 5.92 Å². The van der Waals surface area contributed by atoms with Gasteiger partial charge in [0.15, 0.2) is 0 Å². The molecular formula is C18H22F2. The van der Waals surface area contributed by atoms with Crippen molar-refractivity contribution in [1.29, 1.82) is 0 Å². The lowest BCUT2D eigenvalue weighted by Gasteiger charge is -2.18. The standard InChI is InChI=1S/C18H22F2/c1-2-3-4-5-8-14-18(19,20)17-13-9-11-15-10-6-7-12-16(15)17/h6-7,9-13H,2-5,8,14H2,1H3. The number of alkyl halides is 2. The molecule has 0 atom stereocenters. The predicted octanol–water partition coefficient (Wildman–Crippen LogP) is 6.29. The zero-order valence-electron chi connectivity index (χ0n) is 12.0. The number of hydrogen-bond donors (Lipinski definition) is 0. The van der Waals surface area contributed by atoms with Crippen molar-refractivity contribution in [2.45, 2.75) is 51.4 Å². The smallest absolute Gasteiger partial charge is 0.201 e.